The van der Waals surface area contributed by atoms with Crippen LogP contribution in [0.2, 0.25) is 0 Å². The van der Waals surface area contributed by atoms with E-state index in [4.69, 9.17) is 9.47 Å². The van der Waals surface area contributed by atoms with Crippen LogP contribution in [0, 0.1) is 5.92 Å². The maximum absolute atomic E-state index is 13.9. The Kier molecular flexibility index (Phi) is 10.6. The summed E-state index contributed by atoms with van der Waals surface area (Å²) >= 11 is 0. The highest BCUT2D eigenvalue weighted by Crippen LogP contribution is 2.26. The zero-order valence-corrected chi connectivity index (χ0v) is 24.4. The highest BCUT2D eigenvalue weighted by atomic mass is 32.2. The molecule has 0 aliphatic rings. The Hall–Kier alpha value is -4.05. The van der Waals surface area contributed by atoms with Crippen LogP contribution >= 0.6 is 0 Å². The van der Waals surface area contributed by atoms with Crippen LogP contribution in [0.3, 0.4) is 0 Å². The number of hydrogen-bond donors (Lipinski definition) is 1. The molecule has 0 saturated heterocycles. The molecule has 214 valence electrons. The van der Waals surface area contributed by atoms with Crippen molar-refractivity contribution in [3.05, 3.63) is 84.4 Å². The molecule has 0 bridgehead atoms. The molecule has 0 aromatic heterocycles. The lowest BCUT2D eigenvalue weighted by Crippen LogP contribution is -2.51. The van der Waals surface area contributed by atoms with Crippen molar-refractivity contribution in [2.45, 2.75) is 38.3 Å². The first kappa shape index (κ1) is 30.5. The number of sulfonamides is 1. The normalized spacial score (nSPS) is 11.9. The van der Waals surface area contributed by atoms with Gasteiger partial charge in [-0.05, 0) is 66.9 Å². The van der Waals surface area contributed by atoms with E-state index < -0.39 is 28.5 Å². The second kappa shape index (κ2) is 13.8. The van der Waals surface area contributed by atoms with E-state index in [1.54, 1.807) is 80.8 Å². The summed E-state index contributed by atoms with van der Waals surface area (Å²) in [6.45, 7) is 5.63. The maximum Gasteiger partial charge on any atom is 0.264 e. The first-order valence-corrected chi connectivity index (χ1v) is 14.4. The Morgan fingerprint density at radius 3 is 1.90 bits per heavy atom. The first-order valence-electron chi connectivity index (χ1n) is 13.0. The van der Waals surface area contributed by atoms with Gasteiger partial charge in [-0.1, -0.05) is 44.2 Å². The third-order valence-electron chi connectivity index (χ3n) is 6.33. The Morgan fingerprint density at radius 2 is 1.38 bits per heavy atom. The number of carbonyl (C=O) groups excluding carboxylic acids is 2. The summed E-state index contributed by atoms with van der Waals surface area (Å²) in [4.78, 5) is 28.4. The summed E-state index contributed by atoms with van der Waals surface area (Å²) in [7, 11) is -1.05. The summed E-state index contributed by atoms with van der Waals surface area (Å²) in [5, 5.41) is 2.88. The average molecular weight is 568 g/mol. The summed E-state index contributed by atoms with van der Waals surface area (Å²) in [6.07, 6.45) is 0. The number of methoxy groups -OCH3 is 2. The smallest absolute Gasteiger partial charge is 0.264 e. The number of carbonyl (C=O) groups is 2. The second-order valence-electron chi connectivity index (χ2n) is 9.71. The van der Waals surface area contributed by atoms with Gasteiger partial charge in [-0.25, -0.2) is 8.42 Å². The highest BCUT2D eigenvalue weighted by Gasteiger charge is 2.32. The third-order valence-corrected chi connectivity index (χ3v) is 8.12. The molecule has 0 fully saturated rings. The van der Waals surface area contributed by atoms with Crippen molar-refractivity contribution in [2.75, 3.05) is 31.6 Å². The molecule has 3 aromatic carbocycles. The Morgan fingerprint density at radius 1 is 0.825 bits per heavy atom. The fourth-order valence-corrected chi connectivity index (χ4v) is 5.39. The zero-order valence-electron chi connectivity index (χ0n) is 23.5. The predicted octanol–water partition coefficient (Wildman–Crippen LogP) is 4.09. The van der Waals surface area contributed by atoms with Crippen molar-refractivity contribution in [3.63, 3.8) is 0 Å². The molecular formula is C30H37N3O6S. The van der Waals surface area contributed by atoms with Gasteiger partial charge in [0.1, 0.15) is 24.1 Å². The number of nitrogens with zero attached hydrogens (tertiary/aromatic N) is 2. The number of amides is 2. The SMILES string of the molecule is COc1ccc(CN(C(=O)CN(c2ccc(OC)cc2)S(=O)(=O)c2ccccc2)[C@@H](C)C(=O)NCC(C)C)cc1. The Bertz CT molecular complexity index is 1360. The van der Waals surface area contributed by atoms with Crippen molar-refractivity contribution < 1.29 is 27.5 Å². The Labute approximate surface area is 236 Å². The van der Waals surface area contributed by atoms with Crippen molar-refractivity contribution in [1.29, 1.82) is 0 Å². The van der Waals surface area contributed by atoms with Gasteiger partial charge in [0.15, 0.2) is 0 Å². The number of rotatable bonds is 13. The van der Waals surface area contributed by atoms with E-state index in [9.17, 15) is 18.0 Å². The van der Waals surface area contributed by atoms with Crippen LogP contribution in [0.1, 0.15) is 26.3 Å². The van der Waals surface area contributed by atoms with Crippen LogP contribution in [0.4, 0.5) is 5.69 Å². The number of benzene rings is 3. The molecule has 0 spiro atoms. The highest BCUT2D eigenvalue weighted by molar-refractivity contribution is 7.92. The third kappa shape index (κ3) is 7.75. The molecule has 0 aliphatic heterocycles. The van der Waals surface area contributed by atoms with E-state index in [0.29, 0.717) is 23.7 Å². The topological polar surface area (TPSA) is 105 Å². The van der Waals surface area contributed by atoms with E-state index in [1.807, 2.05) is 13.8 Å². The molecule has 0 saturated carbocycles. The minimum Gasteiger partial charge on any atom is -0.497 e. The molecule has 3 rings (SSSR count). The fourth-order valence-electron chi connectivity index (χ4n) is 3.96. The van der Waals surface area contributed by atoms with Crippen LogP contribution in [0.5, 0.6) is 11.5 Å². The van der Waals surface area contributed by atoms with Gasteiger partial charge in [0, 0.05) is 13.1 Å². The standard InChI is InChI=1S/C30H37N3O6S/c1-22(2)19-31-30(35)23(3)32(20-24-11-15-26(38-4)16-12-24)29(34)21-33(25-13-17-27(39-5)18-14-25)40(36,37)28-9-7-6-8-10-28/h6-18,22-23H,19-21H2,1-5H3,(H,31,35)/t23-/m0/s1. The lowest BCUT2D eigenvalue weighted by atomic mass is 10.1. The minimum atomic E-state index is -4.12. The summed E-state index contributed by atoms with van der Waals surface area (Å²) in [6, 6.07) is 20.6. The number of ether oxygens (including phenoxy) is 2. The molecule has 0 radical (unpaired) electrons. The fraction of sp³-hybridized carbons (Fsp3) is 0.333. The quantitative estimate of drug-likeness (QED) is 0.334. The molecule has 0 aliphatic carbocycles. The van der Waals surface area contributed by atoms with Crippen LogP contribution < -0.4 is 19.1 Å². The summed E-state index contributed by atoms with van der Waals surface area (Å²) < 4.78 is 39.1. The zero-order chi connectivity index (χ0) is 29.3. The molecule has 2 amide bonds. The van der Waals surface area contributed by atoms with Gasteiger partial charge in [0.05, 0.1) is 24.8 Å². The van der Waals surface area contributed by atoms with E-state index >= 15 is 0 Å². The van der Waals surface area contributed by atoms with Crippen molar-refractivity contribution in [3.8, 4) is 11.5 Å². The van der Waals surface area contributed by atoms with Crippen LogP contribution in [-0.4, -0.2) is 58.5 Å². The van der Waals surface area contributed by atoms with Crippen LogP contribution in [0.15, 0.2) is 83.8 Å². The van der Waals surface area contributed by atoms with Gasteiger partial charge >= 0.3 is 0 Å². The lowest BCUT2D eigenvalue weighted by Gasteiger charge is -2.32. The molecule has 40 heavy (non-hydrogen) atoms. The summed E-state index contributed by atoms with van der Waals surface area (Å²) in [5.41, 5.74) is 1.05. The van der Waals surface area contributed by atoms with Gasteiger partial charge in [0.25, 0.3) is 10.0 Å². The molecule has 0 heterocycles. The maximum atomic E-state index is 13.9. The van der Waals surface area contributed by atoms with Gasteiger partial charge in [-0.2, -0.15) is 0 Å². The van der Waals surface area contributed by atoms with Gasteiger partial charge in [-0.15, -0.1) is 0 Å². The number of nitrogens with one attached hydrogen (secondary N) is 1. The lowest BCUT2D eigenvalue weighted by molar-refractivity contribution is -0.139. The monoisotopic (exact) mass is 567 g/mol. The molecule has 9 nitrogen and oxygen atoms in total. The Balaban J connectivity index is 1.99. The van der Waals surface area contributed by atoms with Gasteiger partial charge in [0.2, 0.25) is 11.8 Å². The van der Waals surface area contributed by atoms with Crippen molar-refractivity contribution in [1.82, 2.24) is 10.2 Å². The molecule has 0 unspecified atom stereocenters. The largest absolute Gasteiger partial charge is 0.497 e. The predicted molar refractivity (Wildman–Crippen MR) is 155 cm³/mol. The van der Waals surface area contributed by atoms with E-state index in [1.165, 1.54) is 24.1 Å². The van der Waals surface area contributed by atoms with E-state index in [-0.39, 0.29) is 23.3 Å². The van der Waals surface area contributed by atoms with Gasteiger partial charge in [-0.3, -0.25) is 13.9 Å². The number of hydrogen-bond acceptors (Lipinski definition) is 6. The van der Waals surface area contributed by atoms with Crippen LogP contribution in [0.25, 0.3) is 0 Å². The average Bonchev–Trinajstić information content (AvgIpc) is 2.97. The molecule has 1 atom stereocenters. The van der Waals surface area contributed by atoms with Crippen LogP contribution in [-0.2, 0) is 26.2 Å². The molecule has 1 N–H and O–H groups in total. The van der Waals surface area contributed by atoms with Crippen molar-refractivity contribution in [2.24, 2.45) is 5.92 Å². The summed E-state index contributed by atoms with van der Waals surface area (Å²) in [5.74, 6) is 0.576. The van der Waals surface area contributed by atoms with E-state index in [0.717, 1.165) is 9.87 Å². The van der Waals surface area contributed by atoms with Crippen molar-refractivity contribution >= 4 is 27.5 Å². The minimum absolute atomic E-state index is 0.0445. The molecule has 3 aromatic rings. The van der Waals surface area contributed by atoms with E-state index in [2.05, 4.69) is 5.32 Å². The first-order chi connectivity index (χ1) is 19.1. The van der Waals surface area contributed by atoms with Gasteiger partial charge < -0.3 is 19.7 Å². The second-order valence-corrected chi connectivity index (χ2v) is 11.6. The molecule has 10 heteroatoms. The number of anilines is 1. The molecular weight excluding hydrogens is 530 g/mol.